The molecule has 0 amide bonds. The van der Waals surface area contributed by atoms with Crippen LogP contribution in [0, 0.1) is 0 Å². The van der Waals surface area contributed by atoms with Crippen molar-refractivity contribution >= 4 is 36.2 Å². The molecule has 1 N–H and O–H groups in total. The number of anilines is 5. The summed E-state index contributed by atoms with van der Waals surface area (Å²) in [6, 6.07) is 26.5. The molecule has 4 nitrogen and oxygen atoms in total. The van der Waals surface area contributed by atoms with Crippen LogP contribution in [0.3, 0.4) is 0 Å². The van der Waals surface area contributed by atoms with Crippen LogP contribution >= 0.6 is 7.81 Å². The van der Waals surface area contributed by atoms with Gasteiger partial charge in [0.2, 0.25) is 0 Å². The maximum absolute atomic E-state index is 10.7. The Labute approximate surface area is 207 Å². The van der Waals surface area contributed by atoms with Gasteiger partial charge in [0.1, 0.15) is 17.2 Å². The summed E-state index contributed by atoms with van der Waals surface area (Å²) in [5.41, 5.74) is 9.26. The second-order valence-corrected chi connectivity index (χ2v) is 10.9. The van der Waals surface area contributed by atoms with Crippen LogP contribution in [-0.2, 0) is 0 Å². The predicted octanol–water partition coefficient (Wildman–Crippen LogP) is 9.92. The zero-order valence-corrected chi connectivity index (χ0v) is 19.9. The number of phenolic OH excluding ortho intramolecular Hbond substituents is 1. The number of aromatic hydroxyl groups is 1. The molecule has 0 aliphatic carbocycles. The van der Waals surface area contributed by atoms with Crippen LogP contribution in [0.4, 0.5) is 53.6 Å². The predicted molar refractivity (Wildman–Crippen MR) is 132 cm³/mol. The average molecular weight is 535 g/mol. The van der Waals surface area contributed by atoms with Crippen LogP contribution in [0.15, 0.2) is 78.9 Å². The monoisotopic (exact) mass is 535 g/mol. The Morgan fingerprint density at radius 1 is 0.676 bits per heavy atom. The molecule has 1 unspecified atom stereocenters. The van der Waals surface area contributed by atoms with Crippen molar-refractivity contribution in [1.82, 2.24) is 0 Å². The summed E-state index contributed by atoms with van der Waals surface area (Å²) >= 11 is 0. The Morgan fingerprint density at radius 3 is 1.73 bits per heavy atom. The first-order valence-electron chi connectivity index (χ1n) is 11.1. The Bertz CT molecular complexity index is 1600. The Balaban J connectivity index is 0.000000321. The molecule has 3 aliphatic heterocycles. The molecule has 0 bridgehead atoms. The molecule has 0 radical (unpaired) electrons. The molecule has 192 valence electrons. The summed E-state index contributed by atoms with van der Waals surface area (Å²) in [7, 11) is -8.54. The number of rotatable bonds is 1. The summed E-state index contributed by atoms with van der Waals surface area (Å²) in [5.74, 6) is 2.22. The van der Waals surface area contributed by atoms with E-state index in [0.29, 0.717) is 0 Å². The van der Waals surface area contributed by atoms with E-state index in [1.165, 1.54) is 28.1 Å². The van der Waals surface area contributed by atoms with Crippen LogP contribution in [0.1, 0.15) is 22.6 Å². The fourth-order valence-electron chi connectivity index (χ4n) is 5.36. The van der Waals surface area contributed by atoms with Gasteiger partial charge >= 0.3 is 33.0 Å². The third-order valence-electron chi connectivity index (χ3n) is 6.52. The third kappa shape index (κ3) is 4.11. The molecular formula is C26H18F6N2O2P-. The topological polar surface area (TPSA) is 35.9 Å². The molecule has 7 rings (SSSR count). The fourth-order valence-corrected chi connectivity index (χ4v) is 5.36. The number of hydrogen-bond donors (Lipinski definition) is 1. The first kappa shape index (κ1) is 23.5. The first-order chi connectivity index (χ1) is 17.2. The number of phenols is 1. The number of nitrogens with zero attached hydrogens (tertiary/aromatic N) is 2. The molecule has 4 aromatic carbocycles. The van der Waals surface area contributed by atoms with Gasteiger partial charge in [0.05, 0.1) is 11.4 Å². The number of benzene rings is 4. The Morgan fingerprint density at radius 2 is 1.14 bits per heavy atom. The standard InChI is InChI=1S/C26H18N2O2.F6P/c1-27-17-8-3-10-19-23(17)26-24-18(27)9-4-12-21(24)30-22-13-5-11-20(25(22)26)28(19)15-6-2-7-16(29)14-15;1-7(2,3,4,5)6/h2-14,26,29H,1H3;/q;-1. The van der Waals surface area contributed by atoms with Crippen molar-refractivity contribution in [1.29, 1.82) is 0 Å². The van der Waals surface area contributed by atoms with Crippen LogP contribution in [-0.4, -0.2) is 12.2 Å². The van der Waals surface area contributed by atoms with E-state index in [-0.39, 0.29) is 11.7 Å². The molecule has 11 heteroatoms. The summed E-state index contributed by atoms with van der Waals surface area (Å²) in [5, 5.41) is 10.2. The van der Waals surface area contributed by atoms with Gasteiger partial charge in [-0.3, -0.25) is 0 Å². The zero-order valence-electron chi connectivity index (χ0n) is 19.0. The summed E-state index contributed by atoms with van der Waals surface area (Å²) in [6.07, 6.45) is 0. The van der Waals surface area contributed by atoms with Gasteiger partial charge in [-0.25, -0.2) is 0 Å². The van der Waals surface area contributed by atoms with Crippen LogP contribution in [0.5, 0.6) is 17.2 Å². The van der Waals surface area contributed by atoms with Crippen molar-refractivity contribution in [3.8, 4) is 17.2 Å². The van der Waals surface area contributed by atoms with E-state index in [0.717, 1.165) is 28.6 Å². The maximum atomic E-state index is 10.2. The van der Waals surface area contributed by atoms with E-state index >= 15 is 0 Å². The summed E-state index contributed by atoms with van der Waals surface area (Å²) in [6.45, 7) is 0. The SMILES string of the molecule is CN1c2cccc3c2C2c4c(cccc4N(c4cccc(O)c4)c4cccc1c42)O3.F[P-](F)(F)(F)(F)F. The Hall–Kier alpha value is -3.91. The van der Waals surface area contributed by atoms with Crippen LogP contribution in [0.2, 0.25) is 0 Å². The van der Waals surface area contributed by atoms with Crippen molar-refractivity contribution < 1.29 is 35.0 Å². The van der Waals surface area contributed by atoms with Gasteiger partial charge in [-0.05, 0) is 48.5 Å². The normalized spacial score (nSPS) is 18.0. The number of hydrogen-bond acceptors (Lipinski definition) is 4. The van der Waals surface area contributed by atoms with E-state index in [1.54, 1.807) is 6.07 Å². The zero-order chi connectivity index (χ0) is 26.4. The minimum absolute atomic E-state index is 0.132. The number of halogens is 6. The van der Waals surface area contributed by atoms with Crippen molar-refractivity contribution in [2.24, 2.45) is 0 Å². The summed E-state index contributed by atoms with van der Waals surface area (Å²) < 4.78 is 65.6. The molecule has 0 aromatic heterocycles. The molecule has 3 aliphatic rings. The minimum atomic E-state index is -10.7. The van der Waals surface area contributed by atoms with Gasteiger partial charge in [-0.2, -0.15) is 0 Å². The van der Waals surface area contributed by atoms with Crippen molar-refractivity contribution in [2.75, 3.05) is 16.8 Å². The van der Waals surface area contributed by atoms with Gasteiger partial charge in [0.15, 0.2) is 0 Å². The summed E-state index contributed by atoms with van der Waals surface area (Å²) in [4.78, 5) is 4.50. The van der Waals surface area contributed by atoms with E-state index in [9.17, 15) is 30.3 Å². The second-order valence-electron chi connectivity index (χ2n) is 9.00. The van der Waals surface area contributed by atoms with E-state index in [1.807, 2.05) is 24.3 Å². The van der Waals surface area contributed by atoms with Crippen molar-refractivity contribution in [3.63, 3.8) is 0 Å². The Kier molecular flexibility index (Phi) is 4.37. The molecule has 1 atom stereocenters. The van der Waals surface area contributed by atoms with E-state index in [4.69, 9.17) is 4.74 Å². The molecule has 0 fully saturated rings. The second kappa shape index (κ2) is 6.89. The van der Waals surface area contributed by atoms with Gasteiger partial charge in [-0.15, -0.1) is 0 Å². The van der Waals surface area contributed by atoms with Crippen LogP contribution < -0.4 is 14.5 Å². The molecule has 0 spiro atoms. The molecule has 3 heterocycles. The quantitative estimate of drug-likeness (QED) is 0.168. The van der Waals surface area contributed by atoms with Crippen molar-refractivity contribution in [2.45, 2.75) is 5.92 Å². The van der Waals surface area contributed by atoms with Crippen molar-refractivity contribution in [3.05, 3.63) is 95.6 Å². The molecule has 0 saturated heterocycles. The first-order valence-corrected chi connectivity index (χ1v) is 13.2. The number of ether oxygens (including phenoxy) is 1. The molecule has 37 heavy (non-hydrogen) atoms. The molecule has 0 saturated carbocycles. The van der Waals surface area contributed by atoms with E-state index in [2.05, 4.69) is 65.4 Å². The molecule has 4 aromatic rings. The molecular weight excluding hydrogens is 517 g/mol. The van der Waals surface area contributed by atoms with Gasteiger partial charge in [0.25, 0.3) is 0 Å². The van der Waals surface area contributed by atoms with E-state index < -0.39 is 7.81 Å². The third-order valence-corrected chi connectivity index (χ3v) is 6.52. The van der Waals surface area contributed by atoms with Gasteiger partial charge in [-0.1, -0.05) is 24.3 Å². The average Bonchev–Trinajstić information content (AvgIpc) is 2.80. The van der Waals surface area contributed by atoms with Gasteiger partial charge < -0.3 is 19.6 Å². The fraction of sp³-hybridized carbons (Fsp3) is 0.0769. The van der Waals surface area contributed by atoms with Gasteiger partial charge in [0, 0.05) is 52.8 Å². The van der Waals surface area contributed by atoms with Crippen LogP contribution in [0.25, 0.3) is 0 Å².